The Labute approximate surface area is 106 Å². The van der Waals surface area contributed by atoms with Crippen LogP contribution in [0, 0.1) is 13.8 Å². The Kier molecular flexibility index (Phi) is 4.27. The third-order valence-electron chi connectivity index (χ3n) is 2.98. The number of nitrogens with one attached hydrogen (secondary N) is 1. The zero-order valence-corrected chi connectivity index (χ0v) is 11.9. The minimum atomic E-state index is 0.454. The highest BCUT2D eigenvalue weighted by Crippen LogP contribution is 2.26. The van der Waals surface area contributed by atoms with Crippen LogP contribution in [0.3, 0.4) is 0 Å². The van der Waals surface area contributed by atoms with E-state index in [1.807, 2.05) is 11.3 Å². The summed E-state index contributed by atoms with van der Waals surface area (Å²) in [4.78, 5) is 5.91. The van der Waals surface area contributed by atoms with Gasteiger partial charge < -0.3 is 5.32 Å². The summed E-state index contributed by atoms with van der Waals surface area (Å²) in [7, 11) is 0. The largest absolute Gasteiger partial charge is 0.306 e. The van der Waals surface area contributed by atoms with Gasteiger partial charge in [-0.15, -0.1) is 11.3 Å². The summed E-state index contributed by atoms with van der Waals surface area (Å²) in [6.07, 6.45) is 2.68. The quantitative estimate of drug-likeness (QED) is 0.898. The van der Waals surface area contributed by atoms with E-state index in [1.54, 1.807) is 0 Å². The van der Waals surface area contributed by atoms with Gasteiger partial charge in [-0.2, -0.15) is 11.8 Å². The summed E-state index contributed by atoms with van der Waals surface area (Å²) < 4.78 is 0. The molecule has 0 radical (unpaired) electrons. The number of nitrogens with zero attached hydrogens (tertiary/aromatic N) is 1. The molecule has 1 aromatic heterocycles. The van der Waals surface area contributed by atoms with Crippen LogP contribution in [0.15, 0.2) is 0 Å². The highest BCUT2D eigenvalue weighted by Gasteiger charge is 2.19. The smallest absolute Gasteiger partial charge is 0.0900 e. The number of aryl methyl sites for hydroxylation is 2. The molecule has 0 bridgehead atoms. The van der Waals surface area contributed by atoms with E-state index in [0.717, 1.165) is 0 Å². The molecule has 90 valence electrons. The Morgan fingerprint density at radius 2 is 2.25 bits per heavy atom. The van der Waals surface area contributed by atoms with Gasteiger partial charge in [0.05, 0.1) is 10.7 Å². The molecule has 4 heteroatoms. The maximum absolute atomic E-state index is 4.50. The van der Waals surface area contributed by atoms with Crippen molar-refractivity contribution in [3.05, 3.63) is 15.6 Å². The third-order valence-corrected chi connectivity index (χ3v) is 5.45. The van der Waals surface area contributed by atoms with Gasteiger partial charge in [0.1, 0.15) is 0 Å². The van der Waals surface area contributed by atoms with Crippen LogP contribution in [-0.4, -0.2) is 22.5 Å². The van der Waals surface area contributed by atoms with Crippen LogP contribution in [0.2, 0.25) is 0 Å². The van der Waals surface area contributed by atoms with E-state index in [1.165, 1.54) is 39.9 Å². The lowest BCUT2D eigenvalue weighted by atomic mass is 10.1. The van der Waals surface area contributed by atoms with E-state index >= 15 is 0 Å². The summed E-state index contributed by atoms with van der Waals surface area (Å²) in [5, 5.41) is 4.92. The van der Waals surface area contributed by atoms with E-state index in [0.29, 0.717) is 12.1 Å². The van der Waals surface area contributed by atoms with Crippen molar-refractivity contribution in [1.29, 1.82) is 0 Å². The monoisotopic (exact) mass is 256 g/mol. The van der Waals surface area contributed by atoms with Gasteiger partial charge in [-0.3, -0.25) is 0 Å². The van der Waals surface area contributed by atoms with Crippen LogP contribution in [0.25, 0.3) is 0 Å². The molecular weight excluding hydrogens is 236 g/mol. The second-order valence-corrected chi connectivity index (χ2v) is 6.87. The van der Waals surface area contributed by atoms with Crippen molar-refractivity contribution in [3.63, 3.8) is 0 Å². The Morgan fingerprint density at radius 1 is 1.44 bits per heavy atom. The normalized spacial score (nSPS) is 23.3. The molecule has 0 amide bonds. The van der Waals surface area contributed by atoms with Crippen molar-refractivity contribution in [2.24, 2.45) is 0 Å². The summed E-state index contributed by atoms with van der Waals surface area (Å²) in [5.41, 5.74) is 1.20. The number of thioether (sulfide) groups is 1. The lowest BCUT2D eigenvalue weighted by Crippen LogP contribution is -2.35. The fourth-order valence-corrected chi connectivity index (χ4v) is 4.27. The van der Waals surface area contributed by atoms with E-state index in [4.69, 9.17) is 0 Å². The van der Waals surface area contributed by atoms with Crippen molar-refractivity contribution in [3.8, 4) is 0 Å². The number of hydrogen-bond acceptors (Lipinski definition) is 4. The maximum Gasteiger partial charge on any atom is 0.0900 e. The minimum Gasteiger partial charge on any atom is -0.306 e. The van der Waals surface area contributed by atoms with Crippen molar-refractivity contribution in [2.75, 3.05) is 11.5 Å². The first-order valence-corrected chi connectivity index (χ1v) is 7.91. The molecule has 1 aliphatic rings. The highest BCUT2D eigenvalue weighted by molar-refractivity contribution is 7.99. The summed E-state index contributed by atoms with van der Waals surface area (Å²) in [6, 6.07) is 1.14. The first kappa shape index (κ1) is 12.4. The van der Waals surface area contributed by atoms with E-state index in [9.17, 15) is 0 Å². The Bertz CT molecular complexity index is 343. The van der Waals surface area contributed by atoms with Gasteiger partial charge in [0, 0.05) is 22.7 Å². The molecule has 1 fully saturated rings. The third kappa shape index (κ3) is 2.99. The molecule has 0 aromatic carbocycles. The molecule has 1 N–H and O–H groups in total. The molecule has 2 rings (SSSR count). The molecule has 1 aromatic rings. The molecule has 2 unspecified atom stereocenters. The van der Waals surface area contributed by atoms with E-state index in [2.05, 4.69) is 42.8 Å². The predicted molar refractivity (Wildman–Crippen MR) is 73.5 cm³/mol. The fourth-order valence-electron chi connectivity index (χ4n) is 2.25. The molecule has 0 saturated carbocycles. The van der Waals surface area contributed by atoms with Crippen molar-refractivity contribution >= 4 is 23.1 Å². The molecule has 0 spiro atoms. The molecule has 2 nitrogen and oxygen atoms in total. The molecule has 2 heterocycles. The second-order valence-electron chi connectivity index (χ2n) is 4.48. The second kappa shape index (κ2) is 5.52. The number of thiazole rings is 1. The van der Waals surface area contributed by atoms with E-state index < -0.39 is 0 Å². The van der Waals surface area contributed by atoms with Crippen LogP contribution in [-0.2, 0) is 0 Å². The van der Waals surface area contributed by atoms with Crippen molar-refractivity contribution in [1.82, 2.24) is 10.3 Å². The average Bonchev–Trinajstić information content (AvgIpc) is 2.59. The SMILES string of the molecule is Cc1nc(C)c(C(C)NC2CCCSC2)s1. The van der Waals surface area contributed by atoms with Crippen molar-refractivity contribution < 1.29 is 0 Å². The highest BCUT2D eigenvalue weighted by atomic mass is 32.2. The van der Waals surface area contributed by atoms with Crippen LogP contribution in [0.4, 0.5) is 0 Å². The number of rotatable bonds is 3. The Morgan fingerprint density at radius 3 is 2.81 bits per heavy atom. The van der Waals surface area contributed by atoms with Crippen LogP contribution >= 0.6 is 23.1 Å². The zero-order chi connectivity index (χ0) is 11.5. The summed E-state index contributed by atoms with van der Waals surface area (Å²) in [6.45, 7) is 6.47. The van der Waals surface area contributed by atoms with Crippen molar-refractivity contribution in [2.45, 2.75) is 45.7 Å². The van der Waals surface area contributed by atoms with Crippen LogP contribution in [0.5, 0.6) is 0 Å². The van der Waals surface area contributed by atoms with Gasteiger partial charge in [0.2, 0.25) is 0 Å². The summed E-state index contributed by atoms with van der Waals surface area (Å²) >= 11 is 3.91. The predicted octanol–water partition coefficient (Wildman–Crippen LogP) is 3.31. The number of aromatic nitrogens is 1. The zero-order valence-electron chi connectivity index (χ0n) is 10.2. The van der Waals surface area contributed by atoms with Gasteiger partial charge in [-0.05, 0) is 39.4 Å². The molecular formula is C12H20N2S2. The molecule has 0 aliphatic carbocycles. The Hall–Kier alpha value is -0.0600. The topological polar surface area (TPSA) is 24.9 Å². The van der Waals surface area contributed by atoms with Gasteiger partial charge in [0.15, 0.2) is 0 Å². The summed E-state index contributed by atoms with van der Waals surface area (Å²) in [5.74, 6) is 2.60. The molecule has 2 atom stereocenters. The average molecular weight is 256 g/mol. The lowest BCUT2D eigenvalue weighted by molar-refractivity contribution is 0.455. The van der Waals surface area contributed by atoms with Gasteiger partial charge in [0.25, 0.3) is 0 Å². The Balaban J connectivity index is 1.96. The standard InChI is InChI=1S/C12H20N2S2/c1-8-12(16-10(3)13-8)9(2)14-11-5-4-6-15-7-11/h9,11,14H,4-7H2,1-3H3. The van der Waals surface area contributed by atoms with Crippen LogP contribution in [0.1, 0.15) is 41.4 Å². The minimum absolute atomic E-state index is 0.454. The molecule has 16 heavy (non-hydrogen) atoms. The molecule has 1 aliphatic heterocycles. The van der Waals surface area contributed by atoms with Gasteiger partial charge in [-0.25, -0.2) is 4.98 Å². The lowest BCUT2D eigenvalue weighted by Gasteiger charge is -2.26. The first-order chi connectivity index (χ1) is 7.66. The maximum atomic E-state index is 4.50. The number of hydrogen-bond donors (Lipinski definition) is 1. The first-order valence-electron chi connectivity index (χ1n) is 5.94. The van der Waals surface area contributed by atoms with Crippen LogP contribution < -0.4 is 5.32 Å². The van der Waals surface area contributed by atoms with Gasteiger partial charge in [-0.1, -0.05) is 0 Å². The molecule has 1 saturated heterocycles. The van der Waals surface area contributed by atoms with E-state index in [-0.39, 0.29) is 0 Å². The van der Waals surface area contributed by atoms with Gasteiger partial charge >= 0.3 is 0 Å². The fraction of sp³-hybridized carbons (Fsp3) is 0.750.